The molecular formula is C14H10N2O3. The topological polar surface area (TPSA) is 68.3 Å². The molecule has 0 saturated carbocycles. The summed E-state index contributed by atoms with van der Waals surface area (Å²) < 4.78 is 5.08. The van der Waals surface area contributed by atoms with E-state index in [0.717, 1.165) is 5.56 Å². The lowest BCUT2D eigenvalue weighted by atomic mass is 10.0. The quantitative estimate of drug-likeness (QED) is 0.827. The van der Waals surface area contributed by atoms with Gasteiger partial charge in [-0.15, -0.1) is 0 Å². The first-order valence-corrected chi connectivity index (χ1v) is 5.71. The van der Waals surface area contributed by atoms with E-state index in [4.69, 9.17) is 4.74 Å². The average molecular weight is 254 g/mol. The third kappa shape index (κ3) is 1.76. The van der Waals surface area contributed by atoms with E-state index in [0.29, 0.717) is 22.7 Å². The SMILES string of the molecule is COc1cc2c(c(-c3ccccc3)n1)C(=O)NC2=O. The Bertz CT molecular complexity index is 681. The van der Waals surface area contributed by atoms with Gasteiger partial charge in [-0.2, -0.15) is 0 Å². The average Bonchev–Trinajstić information content (AvgIpc) is 2.74. The number of nitrogens with zero attached hydrogens (tertiary/aromatic N) is 1. The van der Waals surface area contributed by atoms with Crippen LogP contribution in [0.15, 0.2) is 36.4 Å². The summed E-state index contributed by atoms with van der Waals surface area (Å²) in [4.78, 5) is 27.9. The molecule has 0 atom stereocenters. The maximum Gasteiger partial charge on any atom is 0.261 e. The normalized spacial score (nSPS) is 13.1. The van der Waals surface area contributed by atoms with Gasteiger partial charge in [0.15, 0.2) is 0 Å². The fourth-order valence-electron chi connectivity index (χ4n) is 2.07. The van der Waals surface area contributed by atoms with Crippen molar-refractivity contribution in [1.29, 1.82) is 0 Å². The van der Waals surface area contributed by atoms with E-state index in [-0.39, 0.29) is 0 Å². The first-order chi connectivity index (χ1) is 9.20. The summed E-state index contributed by atoms with van der Waals surface area (Å²) in [6.07, 6.45) is 0. The van der Waals surface area contributed by atoms with Crippen molar-refractivity contribution in [2.75, 3.05) is 7.11 Å². The van der Waals surface area contributed by atoms with Crippen LogP contribution in [0.3, 0.4) is 0 Å². The molecule has 1 aliphatic heterocycles. The van der Waals surface area contributed by atoms with Crippen LogP contribution < -0.4 is 10.1 Å². The molecule has 2 amide bonds. The minimum atomic E-state index is -0.422. The lowest BCUT2D eigenvalue weighted by molar-refractivity contribution is 0.0880. The highest BCUT2D eigenvalue weighted by atomic mass is 16.5. The van der Waals surface area contributed by atoms with Crippen LogP contribution in [0.5, 0.6) is 5.88 Å². The van der Waals surface area contributed by atoms with E-state index in [1.807, 2.05) is 30.3 Å². The van der Waals surface area contributed by atoms with Crippen LogP contribution in [0.4, 0.5) is 0 Å². The Labute approximate surface area is 109 Å². The molecule has 0 aliphatic carbocycles. The third-order valence-electron chi connectivity index (χ3n) is 2.95. The lowest BCUT2D eigenvalue weighted by Crippen LogP contribution is -2.20. The number of hydrogen-bond donors (Lipinski definition) is 1. The molecule has 0 radical (unpaired) electrons. The van der Waals surface area contributed by atoms with Crippen molar-refractivity contribution in [2.45, 2.75) is 0 Å². The number of imide groups is 1. The fourth-order valence-corrected chi connectivity index (χ4v) is 2.07. The van der Waals surface area contributed by atoms with E-state index in [9.17, 15) is 9.59 Å². The van der Waals surface area contributed by atoms with Gasteiger partial charge in [0.25, 0.3) is 11.8 Å². The second-order valence-corrected chi connectivity index (χ2v) is 4.09. The van der Waals surface area contributed by atoms with Gasteiger partial charge in [-0.3, -0.25) is 14.9 Å². The number of rotatable bonds is 2. The van der Waals surface area contributed by atoms with E-state index in [1.165, 1.54) is 13.2 Å². The Kier molecular flexibility index (Phi) is 2.52. The molecule has 0 unspecified atom stereocenters. The van der Waals surface area contributed by atoms with Gasteiger partial charge in [0.05, 0.1) is 23.9 Å². The Morgan fingerprint density at radius 2 is 1.84 bits per heavy atom. The van der Waals surface area contributed by atoms with Crippen LogP contribution in [0.25, 0.3) is 11.3 Å². The number of ether oxygens (including phenoxy) is 1. The standard InChI is InChI=1S/C14H10N2O3/c1-19-10-7-9-11(14(18)16-13(9)17)12(15-10)8-5-3-2-4-6-8/h2-7H,1H3,(H,16,17,18). The summed E-state index contributed by atoms with van der Waals surface area (Å²) in [6.45, 7) is 0. The van der Waals surface area contributed by atoms with Gasteiger partial charge >= 0.3 is 0 Å². The Balaban J connectivity index is 2.30. The number of pyridine rings is 1. The first kappa shape index (κ1) is 11.4. The lowest BCUT2D eigenvalue weighted by Gasteiger charge is -2.07. The van der Waals surface area contributed by atoms with Crippen LogP contribution in [-0.4, -0.2) is 23.9 Å². The van der Waals surface area contributed by atoms with E-state index < -0.39 is 11.8 Å². The van der Waals surface area contributed by atoms with Crippen molar-refractivity contribution in [1.82, 2.24) is 10.3 Å². The summed E-state index contributed by atoms with van der Waals surface area (Å²) in [5.74, 6) is -0.533. The van der Waals surface area contributed by atoms with Gasteiger partial charge in [-0.1, -0.05) is 30.3 Å². The Hall–Kier alpha value is -2.69. The van der Waals surface area contributed by atoms with Crippen molar-refractivity contribution in [2.24, 2.45) is 0 Å². The molecule has 2 aromatic rings. The predicted molar refractivity (Wildman–Crippen MR) is 68.0 cm³/mol. The molecule has 94 valence electrons. The maximum absolute atomic E-state index is 11.9. The first-order valence-electron chi connectivity index (χ1n) is 5.71. The predicted octanol–water partition coefficient (Wildman–Crippen LogP) is 1.64. The summed E-state index contributed by atoms with van der Waals surface area (Å²) in [5, 5.41) is 2.27. The second-order valence-electron chi connectivity index (χ2n) is 4.09. The maximum atomic E-state index is 11.9. The molecule has 0 bridgehead atoms. The van der Waals surface area contributed by atoms with Crippen LogP contribution in [0.2, 0.25) is 0 Å². The van der Waals surface area contributed by atoms with Crippen molar-refractivity contribution >= 4 is 11.8 Å². The summed E-state index contributed by atoms with van der Waals surface area (Å²) >= 11 is 0. The molecule has 1 aromatic carbocycles. The van der Waals surface area contributed by atoms with Crippen molar-refractivity contribution < 1.29 is 14.3 Å². The number of amides is 2. The van der Waals surface area contributed by atoms with Gasteiger partial charge < -0.3 is 4.74 Å². The highest BCUT2D eigenvalue weighted by Gasteiger charge is 2.31. The van der Waals surface area contributed by atoms with E-state index >= 15 is 0 Å². The zero-order valence-corrected chi connectivity index (χ0v) is 10.1. The van der Waals surface area contributed by atoms with Crippen molar-refractivity contribution in [3.05, 3.63) is 47.5 Å². The highest BCUT2D eigenvalue weighted by molar-refractivity contribution is 6.23. The third-order valence-corrected chi connectivity index (χ3v) is 2.95. The van der Waals surface area contributed by atoms with E-state index in [2.05, 4.69) is 10.3 Å². The fraction of sp³-hybridized carbons (Fsp3) is 0.0714. The molecule has 5 nitrogen and oxygen atoms in total. The monoisotopic (exact) mass is 254 g/mol. The second kappa shape index (κ2) is 4.20. The van der Waals surface area contributed by atoms with Crippen molar-refractivity contribution in [3.8, 4) is 17.1 Å². The van der Waals surface area contributed by atoms with Gasteiger partial charge in [-0.05, 0) is 0 Å². The smallest absolute Gasteiger partial charge is 0.261 e. The summed E-state index contributed by atoms with van der Waals surface area (Å²) in [6, 6.07) is 10.7. The largest absolute Gasteiger partial charge is 0.481 e. The minimum Gasteiger partial charge on any atom is -0.481 e. The molecule has 0 fully saturated rings. The van der Waals surface area contributed by atoms with Crippen LogP contribution in [0, 0.1) is 0 Å². The molecule has 3 rings (SSSR count). The number of nitrogens with one attached hydrogen (secondary N) is 1. The molecule has 0 saturated heterocycles. The molecule has 1 aromatic heterocycles. The van der Waals surface area contributed by atoms with E-state index in [1.54, 1.807) is 0 Å². The van der Waals surface area contributed by atoms with Crippen LogP contribution >= 0.6 is 0 Å². The molecule has 2 heterocycles. The summed E-state index contributed by atoms with van der Waals surface area (Å²) in [5.41, 5.74) is 1.83. The number of methoxy groups -OCH3 is 1. The number of benzene rings is 1. The molecule has 1 N–H and O–H groups in total. The zero-order valence-electron chi connectivity index (χ0n) is 10.1. The van der Waals surface area contributed by atoms with Gasteiger partial charge in [-0.25, -0.2) is 4.98 Å². The van der Waals surface area contributed by atoms with Crippen LogP contribution in [0.1, 0.15) is 20.7 Å². The molecule has 0 spiro atoms. The van der Waals surface area contributed by atoms with Gasteiger partial charge in [0, 0.05) is 11.6 Å². The van der Waals surface area contributed by atoms with Crippen molar-refractivity contribution in [3.63, 3.8) is 0 Å². The highest BCUT2D eigenvalue weighted by Crippen LogP contribution is 2.30. The Morgan fingerprint density at radius 3 is 2.53 bits per heavy atom. The molecule has 19 heavy (non-hydrogen) atoms. The molecule has 1 aliphatic rings. The number of carbonyl (C=O) groups excluding carboxylic acids is 2. The van der Waals surface area contributed by atoms with Gasteiger partial charge in [0.2, 0.25) is 5.88 Å². The Morgan fingerprint density at radius 1 is 1.11 bits per heavy atom. The van der Waals surface area contributed by atoms with Gasteiger partial charge in [0.1, 0.15) is 0 Å². The number of fused-ring (bicyclic) bond motifs is 1. The number of carbonyl (C=O) groups is 2. The summed E-state index contributed by atoms with van der Waals surface area (Å²) in [7, 11) is 1.47. The zero-order chi connectivity index (χ0) is 13.4. The van der Waals surface area contributed by atoms with Crippen LogP contribution in [-0.2, 0) is 0 Å². The minimum absolute atomic E-state index is 0.302. The molecular weight excluding hydrogens is 244 g/mol. The number of hydrogen-bond acceptors (Lipinski definition) is 4. The molecule has 5 heteroatoms. The number of aromatic nitrogens is 1.